The standard InChI is InChI=1S/C11H20N2O2/c1-9-8-15-5-4-13(9)11(14)7-12-6-10-2-3-10/h9-10,12H,2-8H2,1H3. The molecule has 1 atom stereocenters. The van der Waals surface area contributed by atoms with Crippen LogP contribution in [0.2, 0.25) is 0 Å². The predicted molar refractivity (Wildman–Crippen MR) is 57.6 cm³/mol. The number of amides is 1. The summed E-state index contributed by atoms with van der Waals surface area (Å²) in [4.78, 5) is 13.7. The average Bonchev–Trinajstić information content (AvgIpc) is 3.02. The van der Waals surface area contributed by atoms with E-state index in [9.17, 15) is 4.79 Å². The van der Waals surface area contributed by atoms with E-state index in [1.807, 2.05) is 11.8 Å². The summed E-state index contributed by atoms with van der Waals surface area (Å²) in [6.07, 6.45) is 2.66. The molecule has 4 heteroatoms. The molecule has 0 aromatic heterocycles. The van der Waals surface area contributed by atoms with E-state index in [1.165, 1.54) is 12.8 Å². The van der Waals surface area contributed by atoms with Crippen LogP contribution in [-0.4, -0.2) is 49.7 Å². The van der Waals surface area contributed by atoms with Crippen molar-refractivity contribution in [2.24, 2.45) is 5.92 Å². The van der Waals surface area contributed by atoms with Gasteiger partial charge in [-0.15, -0.1) is 0 Å². The van der Waals surface area contributed by atoms with E-state index in [2.05, 4.69) is 5.32 Å². The summed E-state index contributed by atoms with van der Waals surface area (Å²) in [5.41, 5.74) is 0. The molecule has 2 fully saturated rings. The third-order valence-corrected chi connectivity index (χ3v) is 3.09. The van der Waals surface area contributed by atoms with Crippen LogP contribution in [0.3, 0.4) is 0 Å². The Morgan fingerprint density at radius 3 is 3.00 bits per heavy atom. The maximum absolute atomic E-state index is 11.8. The molecular formula is C11H20N2O2. The Hall–Kier alpha value is -0.610. The van der Waals surface area contributed by atoms with Crippen LogP contribution in [0.25, 0.3) is 0 Å². The van der Waals surface area contributed by atoms with Crippen molar-refractivity contribution in [2.75, 3.05) is 32.8 Å². The summed E-state index contributed by atoms with van der Waals surface area (Å²) < 4.78 is 5.30. The van der Waals surface area contributed by atoms with Gasteiger partial charge in [-0.25, -0.2) is 0 Å². The molecule has 1 unspecified atom stereocenters. The summed E-state index contributed by atoms with van der Waals surface area (Å²) in [5, 5.41) is 3.23. The highest BCUT2D eigenvalue weighted by molar-refractivity contribution is 5.78. The maximum atomic E-state index is 11.8. The van der Waals surface area contributed by atoms with Crippen molar-refractivity contribution < 1.29 is 9.53 Å². The molecule has 0 aromatic rings. The smallest absolute Gasteiger partial charge is 0.236 e. The van der Waals surface area contributed by atoms with Gasteiger partial charge in [-0.2, -0.15) is 0 Å². The fourth-order valence-electron chi connectivity index (χ4n) is 1.90. The minimum Gasteiger partial charge on any atom is -0.377 e. The lowest BCUT2D eigenvalue weighted by molar-refractivity contribution is -0.138. The van der Waals surface area contributed by atoms with E-state index in [0.717, 1.165) is 19.0 Å². The summed E-state index contributed by atoms with van der Waals surface area (Å²) in [6.45, 7) is 5.63. The second-order valence-electron chi connectivity index (χ2n) is 4.59. The molecular weight excluding hydrogens is 192 g/mol. The first-order valence-corrected chi connectivity index (χ1v) is 5.85. The van der Waals surface area contributed by atoms with Gasteiger partial charge in [-0.1, -0.05) is 0 Å². The molecule has 1 amide bonds. The Labute approximate surface area is 91.0 Å². The zero-order valence-corrected chi connectivity index (χ0v) is 9.37. The third-order valence-electron chi connectivity index (χ3n) is 3.09. The van der Waals surface area contributed by atoms with Gasteiger partial charge in [0, 0.05) is 6.54 Å². The number of nitrogens with zero attached hydrogens (tertiary/aromatic N) is 1. The molecule has 0 radical (unpaired) electrons. The van der Waals surface area contributed by atoms with Crippen molar-refractivity contribution in [3.05, 3.63) is 0 Å². The Morgan fingerprint density at radius 2 is 2.33 bits per heavy atom. The van der Waals surface area contributed by atoms with Gasteiger partial charge >= 0.3 is 0 Å². The second-order valence-corrected chi connectivity index (χ2v) is 4.59. The molecule has 1 aliphatic heterocycles. The van der Waals surface area contributed by atoms with E-state index in [1.54, 1.807) is 0 Å². The molecule has 1 N–H and O–H groups in total. The number of carbonyl (C=O) groups is 1. The lowest BCUT2D eigenvalue weighted by Gasteiger charge is -2.33. The summed E-state index contributed by atoms with van der Waals surface area (Å²) in [6, 6.07) is 0.231. The molecule has 0 bridgehead atoms. The molecule has 2 rings (SSSR count). The maximum Gasteiger partial charge on any atom is 0.236 e. The predicted octanol–water partition coefficient (Wildman–Crippen LogP) is 0.233. The molecule has 86 valence electrons. The van der Waals surface area contributed by atoms with Crippen LogP contribution in [0.1, 0.15) is 19.8 Å². The number of rotatable bonds is 4. The van der Waals surface area contributed by atoms with Gasteiger partial charge < -0.3 is 15.0 Å². The largest absolute Gasteiger partial charge is 0.377 e. The fourth-order valence-corrected chi connectivity index (χ4v) is 1.90. The van der Waals surface area contributed by atoms with E-state index in [4.69, 9.17) is 4.74 Å². The van der Waals surface area contributed by atoms with Crippen LogP contribution >= 0.6 is 0 Å². The number of carbonyl (C=O) groups excluding carboxylic acids is 1. The van der Waals surface area contributed by atoms with Gasteiger partial charge in [0.15, 0.2) is 0 Å². The monoisotopic (exact) mass is 212 g/mol. The topological polar surface area (TPSA) is 41.6 Å². The van der Waals surface area contributed by atoms with Gasteiger partial charge in [0.1, 0.15) is 0 Å². The van der Waals surface area contributed by atoms with Gasteiger partial charge in [0.25, 0.3) is 0 Å². The van der Waals surface area contributed by atoms with Crippen molar-refractivity contribution >= 4 is 5.91 Å². The van der Waals surface area contributed by atoms with E-state index in [-0.39, 0.29) is 11.9 Å². The Bertz CT molecular complexity index is 229. The first kappa shape index (κ1) is 10.9. The number of hydrogen-bond acceptors (Lipinski definition) is 3. The number of nitrogens with one attached hydrogen (secondary N) is 1. The normalized spacial score (nSPS) is 26.7. The highest BCUT2D eigenvalue weighted by Gasteiger charge is 2.24. The lowest BCUT2D eigenvalue weighted by Crippen LogP contribution is -2.50. The van der Waals surface area contributed by atoms with Crippen LogP contribution < -0.4 is 5.32 Å². The van der Waals surface area contributed by atoms with E-state index in [0.29, 0.717) is 19.8 Å². The van der Waals surface area contributed by atoms with Crippen LogP contribution in [0, 0.1) is 5.92 Å². The van der Waals surface area contributed by atoms with Gasteiger partial charge in [-0.05, 0) is 32.2 Å². The van der Waals surface area contributed by atoms with Gasteiger partial charge in [0.05, 0.1) is 25.8 Å². The second kappa shape index (κ2) is 4.94. The molecule has 15 heavy (non-hydrogen) atoms. The summed E-state index contributed by atoms with van der Waals surface area (Å²) in [5.74, 6) is 1.05. The van der Waals surface area contributed by atoms with Crippen molar-refractivity contribution in [1.82, 2.24) is 10.2 Å². The van der Waals surface area contributed by atoms with Crippen LogP contribution in [0.4, 0.5) is 0 Å². The summed E-state index contributed by atoms with van der Waals surface area (Å²) in [7, 11) is 0. The van der Waals surface area contributed by atoms with Crippen molar-refractivity contribution in [2.45, 2.75) is 25.8 Å². The highest BCUT2D eigenvalue weighted by Crippen LogP contribution is 2.27. The molecule has 2 aliphatic rings. The highest BCUT2D eigenvalue weighted by atomic mass is 16.5. The quantitative estimate of drug-likeness (QED) is 0.725. The molecule has 1 saturated heterocycles. The summed E-state index contributed by atoms with van der Waals surface area (Å²) >= 11 is 0. The molecule has 4 nitrogen and oxygen atoms in total. The zero-order valence-electron chi connectivity index (χ0n) is 9.37. The van der Waals surface area contributed by atoms with Gasteiger partial charge in [0.2, 0.25) is 5.91 Å². The number of hydrogen-bond donors (Lipinski definition) is 1. The first-order valence-electron chi connectivity index (χ1n) is 5.85. The SMILES string of the molecule is CC1COCCN1C(=O)CNCC1CC1. The molecule has 0 aromatic carbocycles. The average molecular weight is 212 g/mol. The minimum atomic E-state index is 0.214. The van der Waals surface area contributed by atoms with E-state index >= 15 is 0 Å². The number of ether oxygens (including phenoxy) is 1. The van der Waals surface area contributed by atoms with Gasteiger partial charge in [-0.3, -0.25) is 4.79 Å². The lowest BCUT2D eigenvalue weighted by atomic mass is 10.2. The molecule has 1 heterocycles. The third kappa shape index (κ3) is 3.18. The van der Waals surface area contributed by atoms with Crippen molar-refractivity contribution in [3.8, 4) is 0 Å². The van der Waals surface area contributed by atoms with Crippen molar-refractivity contribution in [1.29, 1.82) is 0 Å². The molecule has 1 saturated carbocycles. The Morgan fingerprint density at radius 1 is 1.53 bits per heavy atom. The molecule has 1 aliphatic carbocycles. The Balaban J connectivity index is 1.68. The molecule has 0 spiro atoms. The minimum absolute atomic E-state index is 0.214. The van der Waals surface area contributed by atoms with Crippen LogP contribution in [0.5, 0.6) is 0 Å². The zero-order chi connectivity index (χ0) is 10.7. The van der Waals surface area contributed by atoms with E-state index < -0.39 is 0 Å². The Kier molecular flexibility index (Phi) is 3.59. The van der Waals surface area contributed by atoms with Crippen molar-refractivity contribution in [3.63, 3.8) is 0 Å². The number of morpholine rings is 1. The first-order chi connectivity index (χ1) is 7.27. The fraction of sp³-hybridized carbons (Fsp3) is 0.909. The van der Waals surface area contributed by atoms with Crippen LogP contribution in [0.15, 0.2) is 0 Å². The van der Waals surface area contributed by atoms with Crippen LogP contribution in [-0.2, 0) is 9.53 Å².